The van der Waals surface area contributed by atoms with Crippen molar-refractivity contribution >= 4 is 43.7 Å². The first kappa shape index (κ1) is 94.4. The van der Waals surface area contributed by atoms with Gasteiger partial charge in [0.1, 0.15) is 30.5 Å². The fourth-order valence-electron chi connectivity index (χ4n) is 10.8. The van der Waals surface area contributed by atoms with Crippen molar-refractivity contribution in [1.29, 1.82) is 0 Å². The van der Waals surface area contributed by atoms with Gasteiger partial charge < -0.3 is 149 Å². The van der Waals surface area contributed by atoms with Crippen LogP contribution in [0.5, 0.6) is 0 Å². The fraction of sp³-hybridized carbons (Fsp3) is 0.797. The van der Waals surface area contributed by atoms with Gasteiger partial charge in [-0.2, -0.15) is 0 Å². The number of benzene rings is 2. The van der Waals surface area contributed by atoms with Gasteiger partial charge in [0.25, 0.3) is 0 Å². The molecule has 13 unspecified atom stereocenters. The number of fused-ring (bicyclic) bond motifs is 3. The van der Waals surface area contributed by atoms with Crippen molar-refractivity contribution in [3.8, 4) is 11.1 Å². The topological polar surface area (TPSA) is 493 Å². The van der Waals surface area contributed by atoms with Crippen molar-refractivity contribution in [2.24, 2.45) is 17.8 Å². The minimum absolute atomic E-state index is 0.00210. The number of halogens is 2. The number of hydrogen-bond donors (Lipinski definition) is 18. The van der Waals surface area contributed by atoms with Crippen LogP contribution in [0.4, 0.5) is 0 Å². The second-order valence-corrected chi connectivity index (χ2v) is 27.6. The molecular weight excluding hydrogens is 1500 g/mol. The van der Waals surface area contributed by atoms with Crippen molar-refractivity contribution in [3.63, 3.8) is 0 Å². The van der Waals surface area contributed by atoms with E-state index in [0.29, 0.717) is 0 Å². The molecule has 0 heterocycles. The molecule has 2 amide bonds. The molecule has 0 saturated heterocycles. The number of carbonyl (C=O) groups excluding carboxylic acids is 2. The lowest BCUT2D eigenvalue weighted by Crippen LogP contribution is -2.44. The molecule has 0 spiro atoms. The molecule has 0 bridgehead atoms. The summed E-state index contributed by atoms with van der Waals surface area (Å²) in [4.78, 5) is 29.6. The summed E-state index contributed by atoms with van der Waals surface area (Å²) >= 11 is 7.37. The maximum atomic E-state index is 14.8. The van der Waals surface area contributed by atoms with E-state index in [2.05, 4.69) is 42.5 Å². The normalized spacial score (nSPS) is 16.9. The molecular formula is C69H118Br2N2O30. The molecule has 2 aromatic rings. The van der Waals surface area contributed by atoms with E-state index < -0.39 is 128 Å². The highest BCUT2D eigenvalue weighted by molar-refractivity contribution is 9.10. The van der Waals surface area contributed by atoms with Crippen molar-refractivity contribution in [2.45, 2.75) is 130 Å². The van der Waals surface area contributed by atoms with Crippen LogP contribution in [0.2, 0.25) is 0 Å². The summed E-state index contributed by atoms with van der Waals surface area (Å²) in [5.41, 5.74) is 2.44. The number of aliphatic hydroxyl groups excluding tert-OH is 16. The lowest BCUT2D eigenvalue weighted by molar-refractivity contribution is -0.124. The first-order valence-electron chi connectivity index (χ1n) is 35.1. The first-order chi connectivity index (χ1) is 49.6. The summed E-state index contributed by atoms with van der Waals surface area (Å²) in [6, 6.07) is 10.0. The Balaban J connectivity index is 2.02. The zero-order valence-corrected chi connectivity index (χ0v) is 62.1. The molecule has 3 rings (SSSR count). The van der Waals surface area contributed by atoms with Crippen LogP contribution in [0.15, 0.2) is 45.3 Å². The monoisotopic (exact) mass is 1610 g/mol. The van der Waals surface area contributed by atoms with Gasteiger partial charge in [-0.1, -0.05) is 44.0 Å². The summed E-state index contributed by atoms with van der Waals surface area (Å²) in [6.45, 7) is -5.08. The summed E-state index contributed by atoms with van der Waals surface area (Å²) < 4.78 is 72.3. The molecule has 0 saturated carbocycles. The average Bonchev–Trinajstić information content (AvgIpc) is 1.57. The van der Waals surface area contributed by atoms with Gasteiger partial charge >= 0.3 is 0 Å². The molecule has 103 heavy (non-hydrogen) atoms. The Morgan fingerprint density at radius 1 is 0.350 bits per heavy atom. The van der Waals surface area contributed by atoms with Crippen molar-refractivity contribution in [2.75, 3.05) is 205 Å². The van der Waals surface area contributed by atoms with Crippen LogP contribution >= 0.6 is 31.9 Å². The summed E-state index contributed by atoms with van der Waals surface area (Å²) in [7, 11) is 0. The Morgan fingerprint density at radius 3 is 0.922 bits per heavy atom. The van der Waals surface area contributed by atoms with Gasteiger partial charge in [0, 0.05) is 78.0 Å². The first-order valence-corrected chi connectivity index (χ1v) is 36.7. The van der Waals surface area contributed by atoms with Gasteiger partial charge in [-0.25, -0.2) is 0 Å². The largest absolute Gasteiger partial charge is 0.396 e. The molecule has 32 nitrogen and oxygen atoms in total. The van der Waals surface area contributed by atoms with Crippen LogP contribution in [-0.4, -0.2) is 365 Å². The van der Waals surface area contributed by atoms with Crippen LogP contribution in [0, 0.1) is 17.8 Å². The van der Waals surface area contributed by atoms with E-state index in [0.717, 1.165) is 31.2 Å². The summed E-state index contributed by atoms with van der Waals surface area (Å²) in [6.07, 6.45) is -8.46. The Kier molecular flexibility index (Phi) is 52.6. The third-order valence-electron chi connectivity index (χ3n) is 16.3. The molecule has 2 aromatic carbocycles. The average molecular weight is 1620 g/mol. The van der Waals surface area contributed by atoms with Crippen LogP contribution in [0.3, 0.4) is 0 Å². The predicted molar refractivity (Wildman–Crippen MR) is 377 cm³/mol. The molecule has 598 valence electrons. The van der Waals surface area contributed by atoms with E-state index in [1.165, 1.54) is 0 Å². The maximum absolute atomic E-state index is 14.8. The zero-order valence-electron chi connectivity index (χ0n) is 59.0. The third-order valence-corrected chi connectivity index (χ3v) is 17.3. The van der Waals surface area contributed by atoms with Gasteiger partial charge in [-0.05, 0) is 91.5 Å². The number of carbonyl (C=O) groups is 2. The molecule has 0 aromatic heterocycles. The van der Waals surface area contributed by atoms with Crippen LogP contribution in [0.1, 0.15) is 68.9 Å². The molecule has 18 N–H and O–H groups in total. The Morgan fingerprint density at radius 2 is 0.621 bits per heavy atom. The molecule has 0 aliphatic heterocycles. The SMILES string of the molecule is O=C(CCC1(CCC(=O)NC(COCC(COCC(O)CO)COCC(O)CCO)COCC(COCC(O)CO)OCCC(O)CCO)c2cc(Br)ccc2-c2ccc(Br)cc21)NC(COCC(COCC(O)CO)COCC(O)CCO)COCC(COCC(O)CO)COCC(O)CCO. The maximum Gasteiger partial charge on any atom is 0.220 e. The lowest BCUT2D eigenvalue weighted by Gasteiger charge is -2.33. The third kappa shape index (κ3) is 41.0. The highest BCUT2D eigenvalue weighted by atomic mass is 79.9. The van der Waals surface area contributed by atoms with E-state index in [-0.39, 0.29) is 236 Å². The summed E-state index contributed by atoms with van der Waals surface area (Å²) in [5.74, 6) is -2.34. The Hall–Kier alpha value is -2.78. The minimum atomic E-state index is -1.17. The number of amides is 2. The van der Waals surface area contributed by atoms with Crippen molar-refractivity contribution < 1.29 is 148 Å². The fourth-order valence-corrected chi connectivity index (χ4v) is 11.5. The van der Waals surface area contributed by atoms with Gasteiger partial charge in [-0.15, -0.1) is 0 Å². The molecule has 13 atom stereocenters. The van der Waals surface area contributed by atoms with E-state index in [4.69, 9.17) is 56.8 Å². The second-order valence-electron chi connectivity index (χ2n) is 25.8. The van der Waals surface area contributed by atoms with Gasteiger partial charge in [0.05, 0.1) is 208 Å². The van der Waals surface area contributed by atoms with E-state index in [1.54, 1.807) is 0 Å². The smallest absolute Gasteiger partial charge is 0.220 e. The van der Waals surface area contributed by atoms with Crippen LogP contribution < -0.4 is 10.6 Å². The van der Waals surface area contributed by atoms with Crippen LogP contribution in [-0.2, 0) is 71.8 Å². The molecule has 1 aliphatic carbocycles. The minimum Gasteiger partial charge on any atom is -0.396 e. The predicted octanol–water partition coefficient (Wildman–Crippen LogP) is -2.80. The summed E-state index contributed by atoms with van der Waals surface area (Å²) in [5, 5.41) is 162. The molecule has 0 fully saturated rings. The zero-order chi connectivity index (χ0) is 75.6. The highest BCUT2D eigenvalue weighted by Gasteiger charge is 2.44. The number of aliphatic hydroxyl groups is 16. The van der Waals surface area contributed by atoms with E-state index in [9.17, 15) is 91.3 Å². The second kappa shape index (κ2) is 57.3. The lowest BCUT2D eigenvalue weighted by atomic mass is 9.71. The van der Waals surface area contributed by atoms with Crippen LogP contribution in [0.25, 0.3) is 11.1 Å². The standard InChI is InChI=1S/C69H118Br2N2O30/c70-50-1-3-63-64-4-2-51(71)20-66(64)69(65(63)19-50,12-5-67(90)72-52(34-92-25-47(31-98-41-58(86)21-78)28-95-38-55(83)8-15-75)35-93-26-48(32-99-42-59(87)22-79)29-96-39-56(84)9-16-76)13-6-68(91)73-53(36-94-27-49(33-100-43-60(88)23-80)30-97-40-57(85)10-17-77)37-101-45-62(46-102-44-61(89)24-81)103-18-11-54(82)7-14-74/h1-4,19-20,47-49,52-62,74-89H,5-18,21-46H2,(H,72,90)(H,73,91). The van der Waals surface area contributed by atoms with Crippen molar-refractivity contribution in [3.05, 3.63) is 56.5 Å². The quantitative estimate of drug-likeness (QED) is 0.0318. The van der Waals surface area contributed by atoms with E-state index in [1.807, 2.05) is 36.4 Å². The number of rotatable bonds is 68. The molecule has 0 radical (unpaired) electrons. The number of hydrogen-bond acceptors (Lipinski definition) is 30. The van der Waals surface area contributed by atoms with E-state index >= 15 is 0 Å². The molecule has 1 aliphatic rings. The molecule has 34 heteroatoms. The highest BCUT2D eigenvalue weighted by Crippen LogP contribution is 2.55. The number of nitrogens with one attached hydrogen (secondary N) is 2. The number of ether oxygens (including phenoxy) is 12. The van der Waals surface area contributed by atoms with Gasteiger partial charge in [0.2, 0.25) is 11.8 Å². The Bertz CT molecular complexity index is 2220. The van der Waals surface area contributed by atoms with Crippen molar-refractivity contribution in [1.82, 2.24) is 10.6 Å². The van der Waals surface area contributed by atoms with Gasteiger partial charge in [-0.3, -0.25) is 9.59 Å². The van der Waals surface area contributed by atoms with Gasteiger partial charge in [0.15, 0.2) is 0 Å². The Labute approximate surface area is 620 Å².